The average molecular weight is 216 g/mol. The van der Waals surface area contributed by atoms with E-state index < -0.39 is 0 Å². The monoisotopic (exact) mass is 216 g/mol. The van der Waals surface area contributed by atoms with Crippen LogP contribution in [0.25, 0.3) is 10.8 Å². The van der Waals surface area contributed by atoms with Gasteiger partial charge in [0, 0.05) is 13.0 Å². The van der Waals surface area contributed by atoms with Crippen LogP contribution in [0.2, 0.25) is 0 Å². The third-order valence-electron chi connectivity index (χ3n) is 2.59. The van der Waals surface area contributed by atoms with Gasteiger partial charge in [-0.1, -0.05) is 30.3 Å². The van der Waals surface area contributed by atoms with Crippen molar-refractivity contribution in [1.29, 1.82) is 0 Å². The summed E-state index contributed by atoms with van der Waals surface area (Å²) in [6.45, 7) is 2.13. The highest BCUT2D eigenvalue weighted by Gasteiger charge is 2.03. The number of hydrogen-bond donors (Lipinski definition) is 1. The number of fused-ring (bicyclic) bond motifs is 1. The van der Waals surface area contributed by atoms with Crippen molar-refractivity contribution in [1.82, 2.24) is 0 Å². The first-order chi connectivity index (χ1) is 7.79. The molecule has 1 N–H and O–H groups in total. The van der Waals surface area contributed by atoms with E-state index in [1.165, 1.54) is 10.8 Å². The van der Waals surface area contributed by atoms with E-state index in [1.54, 1.807) is 0 Å². The highest BCUT2D eigenvalue weighted by Crippen LogP contribution is 2.21. The zero-order valence-corrected chi connectivity index (χ0v) is 9.39. The van der Waals surface area contributed by atoms with Gasteiger partial charge in [0.25, 0.3) is 0 Å². The highest BCUT2D eigenvalue weighted by molar-refractivity contribution is 5.83. The van der Waals surface area contributed by atoms with E-state index in [0.717, 1.165) is 5.75 Å². The molecule has 1 atom stereocenters. The van der Waals surface area contributed by atoms with Gasteiger partial charge in [0.2, 0.25) is 0 Å². The first-order valence-electron chi connectivity index (χ1n) is 5.56. The van der Waals surface area contributed by atoms with Crippen LogP contribution < -0.4 is 4.74 Å². The summed E-state index contributed by atoms with van der Waals surface area (Å²) < 4.78 is 5.70. The molecule has 2 nitrogen and oxygen atoms in total. The molecular formula is C14H16O2. The Morgan fingerprint density at radius 3 is 2.62 bits per heavy atom. The predicted octanol–water partition coefficient (Wildman–Crippen LogP) is 2.99. The molecular weight excluding hydrogens is 200 g/mol. The molecule has 0 spiro atoms. The summed E-state index contributed by atoms with van der Waals surface area (Å²) in [4.78, 5) is 0. The van der Waals surface area contributed by atoms with Gasteiger partial charge in [-0.15, -0.1) is 0 Å². The fourth-order valence-corrected chi connectivity index (χ4v) is 1.71. The Bertz CT molecular complexity index is 465. The minimum atomic E-state index is 0.0474. The molecule has 2 rings (SSSR count). The number of hydrogen-bond acceptors (Lipinski definition) is 2. The fraction of sp³-hybridized carbons (Fsp3) is 0.286. The van der Waals surface area contributed by atoms with Crippen molar-refractivity contribution in [3.63, 3.8) is 0 Å². The van der Waals surface area contributed by atoms with Gasteiger partial charge in [0.1, 0.15) is 5.75 Å². The molecule has 0 radical (unpaired) electrons. The zero-order valence-electron chi connectivity index (χ0n) is 9.39. The summed E-state index contributed by atoms with van der Waals surface area (Å²) in [5.41, 5.74) is 0. The maximum atomic E-state index is 8.81. The first-order valence-corrected chi connectivity index (χ1v) is 5.56. The molecule has 0 aliphatic heterocycles. The highest BCUT2D eigenvalue weighted by atomic mass is 16.5. The number of aliphatic hydroxyl groups is 1. The van der Waals surface area contributed by atoms with Crippen LogP contribution in [-0.2, 0) is 0 Å². The number of ether oxygens (including phenoxy) is 1. The molecule has 0 amide bonds. The molecule has 0 fully saturated rings. The SMILES string of the molecule is CC(CCO)Oc1ccc2ccccc2c1. The van der Waals surface area contributed by atoms with Crippen LogP contribution >= 0.6 is 0 Å². The summed E-state index contributed by atoms with van der Waals surface area (Å²) in [5, 5.41) is 11.2. The van der Waals surface area contributed by atoms with E-state index in [9.17, 15) is 0 Å². The Balaban J connectivity index is 2.19. The minimum Gasteiger partial charge on any atom is -0.491 e. The minimum absolute atomic E-state index is 0.0474. The second-order valence-electron chi connectivity index (χ2n) is 3.95. The van der Waals surface area contributed by atoms with Crippen molar-refractivity contribution < 1.29 is 9.84 Å². The quantitative estimate of drug-likeness (QED) is 0.851. The van der Waals surface area contributed by atoms with Gasteiger partial charge >= 0.3 is 0 Å². The summed E-state index contributed by atoms with van der Waals surface area (Å²) >= 11 is 0. The summed E-state index contributed by atoms with van der Waals surface area (Å²) in [6, 6.07) is 14.2. The lowest BCUT2D eigenvalue weighted by Crippen LogP contribution is -2.13. The number of rotatable bonds is 4. The maximum absolute atomic E-state index is 8.81. The molecule has 84 valence electrons. The second kappa shape index (κ2) is 4.99. The predicted molar refractivity (Wildman–Crippen MR) is 65.7 cm³/mol. The van der Waals surface area contributed by atoms with Gasteiger partial charge in [-0.25, -0.2) is 0 Å². The van der Waals surface area contributed by atoms with Crippen LogP contribution in [0.15, 0.2) is 42.5 Å². The van der Waals surface area contributed by atoms with E-state index in [4.69, 9.17) is 9.84 Å². The molecule has 0 aliphatic carbocycles. The van der Waals surface area contributed by atoms with E-state index in [-0.39, 0.29) is 12.7 Å². The molecule has 0 bridgehead atoms. The van der Waals surface area contributed by atoms with Crippen molar-refractivity contribution >= 4 is 10.8 Å². The lowest BCUT2D eigenvalue weighted by Gasteiger charge is -2.13. The van der Waals surface area contributed by atoms with Crippen molar-refractivity contribution in [3.8, 4) is 5.75 Å². The third kappa shape index (κ3) is 2.52. The van der Waals surface area contributed by atoms with Crippen LogP contribution in [-0.4, -0.2) is 17.8 Å². The van der Waals surface area contributed by atoms with Crippen molar-refractivity contribution in [2.75, 3.05) is 6.61 Å². The zero-order chi connectivity index (χ0) is 11.4. The fourth-order valence-electron chi connectivity index (χ4n) is 1.71. The van der Waals surface area contributed by atoms with Crippen LogP contribution in [0.1, 0.15) is 13.3 Å². The molecule has 2 heteroatoms. The van der Waals surface area contributed by atoms with E-state index in [0.29, 0.717) is 6.42 Å². The van der Waals surface area contributed by atoms with Gasteiger partial charge in [-0.3, -0.25) is 0 Å². The molecule has 0 saturated carbocycles. The largest absolute Gasteiger partial charge is 0.491 e. The summed E-state index contributed by atoms with van der Waals surface area (Å²) in [7, 11) is 0. The summed E-state index contributed by atoms with van der Waals surface area (Å²) in [5.74, 6) is 0.861. The van der Waals surface area contributed by atoms with Crippen LogP contribution in [0, 0.1) is 0 Å². The van der Waals surface area contributed by atoms with Crippen molar-refractivity contribution in [3.05, 3.63) is 42.5 Å². The Kier molecular flexibility index (Phi) is 3.42. The van der Waals surface area contributed by atoms with E-state index >= 15 is 0 Å². The molecule has 16 heavy (non-hydrogen) atoms. The molecule has 0 saturated heterocycles. The maximum Gasteiger partial charge on any atom is 0.120 e. The van der Waals surface area contributed by atoms with Crippen LogP contribution in [0.4, 0.5) is 0 Å². The molecule has 2 aromatic rings. The second-order valence-corrected chi connectivity index (χ2v) is 3.95. The Morgan fingerprint density at radius 1 is 1.12 bits per heavy atom. The molecule has 0 aliphatic rings. The Hall–Kier alpha value is -1.54. The van der Waals surface area contributed by atoms with Crippen molar-refractivity contribution in [2.45, 2.75) is 19.4 Å². The average Bonchev–Trinajstić information content (AvgIpc) is 2.29. The molecule has 1 unspecified atom stereocenters. The number of aliphatic hydroxyl groups excluding tert-OH is 1. The van der Waals surface area contributed by atoms with E-state index in [1.807, 2.05) is 31.2 Å². The topological polar surface area (TPSA) is 29.5 Å². The van der Waals surface area contributed by atoms with Gasteiger partial charge in [0.15, 0.2) is 0 Å². The van der Waals surface area contributed by atoms with Gasteiger partial charge in [-0.2, -0.15) is 0 Å². The third-order valence-corrected chi connectivity index (χ3v) is 2.59. The van der Waals surface area contributed by atoms with Gasteiger partial charge < -0.3 is 9.84 Å². The van der Waals surface area contributed by atoms with Gasteiger partial charge in [0.05, 0.1) is 6.10 Å². The summed E-state index contributed by atoms with van der Waals surface area (Å²) in [6.07, 6.45) is 0.707. The standard InChI is InChI=1S/C14H16O2/c1-11(8-9-15)16-14-7-6-12-4-2-3-5-13(12)10-14/h2-7,10-11,15H,8-9H2,1H3. The normalized spacial score (nSPS) is 12.6. The van der Waals surface area contributed by atoms with Crippen LogP contribution in [0.5, 0.6) is 5.75 Å². The Labute approximate surface area is 95.5 Å². The van der Waals surface area contributed by atoms with Crippen LogP contribution in [0.3, 0.4) is 0 Å². The number of benzene rings is 2. The smallest absolute Gasteiger partial charge is 0.120 e. The molecule has 2 aromatic carbocycles. The molecule has 0 heterocycles. The lowest BCUT2D eigenvalue weighted by atomic mass is 10.1. The van der Waals surface area contributed by atoms with E-state index in [2.05, 4.69) is 18.2 Å². The van der Waals surface area contributed by atoms with Gasteiger partial charge in [-0.05, 0) is 29.8 Å². The lowest BCUT2D eigenvalue weighted by molar-refractivity contribution is 0.169. The van der Waals surface area contributed by atoms with Crippen molar-refractivity contribution in [2.24, 2.45) is 0 Å². The first kappa shape index (κ1) is 11.0. The Morgan fingerprint density at radius 2 is 1.88 bits per heavy atom. The molecule has 0 aromatic heterocycles.